The molecule has 0 aromatic carbocycles. The summed E-state index contributed by atoms with van der Waals surface area (Å²) in [7, 11) is 0. The Morgan fingerprint density at radius 1 is 1.50 bits per heavy atom. The smallest absolute Gasteiger partial charge is 0.226 e. The fraction of sp³-hybridized carbons (Fsp3) is 0.167. The zero-order valence-corrected chi connectivity index (χ0v) is 9.10. The maximum absolute atomic E-state index is 6.79. The summed E-state index contributed by atoms with van der Waals surface area (Å²) >= 11 is 8.15. The van der Waals surface area contributed by atoms with Crippen LogP contribution in [-0.4, -0.2) is 0 Å². The third-order valence-corrected chi connectivity index (χ3v) is 4.75. The van der Waals surface area contributed by atoms with Crippen LogP contribution in [0, 0.1) is 13.5 Å². The van der Waals surface area contributed by atoms with Gasteiger partial charge >= 0.3 is 0 Å². The molecule has 10 heavy (non-hydrogen) atoms. The molecule has 1 rings (SSSR count). The lowest BCUT2D eigenvalue weighted by molar-refractivity contribution is 1.51. The second kappa shape index (κ2) is 3.04. The average Bonchev–Trinajstić information content (AvgIpc) is 2.17. The van der Waals surface area contributed by atoms with Gasteiger partial charge in [0.2, 0.25) is 5.00 Å². The van der Waals surface area contributed by atoms with Gasteiger partial charge in [0.1, 0.15) is 0 Å². The summed E-state index contributed by atoms with van der Waals surface area (Å²) in [6.45, 7) is 8.72. The number of thiophene rings is 1. The zero-order valence-electron chi connectivity index (χ0n) is 5.11. The molecule has 0 aliphatic heterocycles. The van der Waals surface area contributed by atoms with Gasteiger partial charge in [-0.05, 0) is 44.3 Å². The predicted octanol–water partition coefficient (Wildman–Crippen LogP) is 4.13. The number of nitrogens with zero attached hydrogens (tertiary/aromatic N) is 1. The van der Waals surface area contributed by atoms with E-state index in [1.54, 1.807) is 0 Å². The minimum absolute atomic E-state index is 0.749. The monoisotopic (exact) mass is 279 g/mol. The molecule has 1 aromatic heterocycles. The Morgan fingerprint density at radius 2 is 2.10 bits per heavy atom. The molecule has 1 heterocycles. The van der Waals surface area contributed by atoms with E-state index < -0.39 is 0 Å². The molecule has 0 atom stereocenters. The van der Waals surface area contributed by atoms with Gasteiger partial charge in [0.15, 0.2) is 0 Å². The van der Waals surface area contributed by atoms with Crippen LogP contribution in [-0.2, 0) is 0 Å². The van der Waals surface area contributed by atoms with Crippen LogP contribution >= 0.6 is 43.2 Å². The van der Waals surface area contributed by atoms with Crippen LogP contribution in [0.4, 0.5) is 5.00 Å². The van der Waals surface area contributed by atoms with E-state index in [9.17, 15) is 0 Å². The van der Waals surface area contributed by atoms with Crippen LogP contribution in [0.5, 0.6) is 0 Å². The molecule has 0 fully saturated rings. The summed E-state index contributed by atoms with van der Waals surface area (Å²) in [5.74, 6) is 0. The topological polar surface area (TPSA) is 4.36 Å². The maximum atomic E-state index is 6.79. The normalized spacial score (nSPS) is 9.40. The Hall–Kier alpha value is 0.150. The fourth-order valence-corrected chi connectivity index (χ4v) is 2.59. The van der Waals surface area contributed by atoms with Gasteiger partial charge in [0.25, 0.3) is 0 Å². The highest BCUT2D eigenvalue weighted by molar-refractivity contribution is 9.13. The predicted molar refractivity (Wildman–Crippen MR) is 50.7 cm³/mol. The summed E-state index contributed by atoms with van der Waals surface area (Å²) in [6.07, 6.45) is 0. The van der Waals surface area contributed by atoms with Crippen LogP contribution in [0.1, 0.15) is 5.56 Å². The SMILES string of the molecule is [C-]#[N+]c1sc(Br)c(Br)c1C. The van der Waals surface area contributed by atoms with E-state index in [-0.39, 0.29) is 0 Å². The second-order valence-electron chi connectivity index (χ2n) is 1.73. The largest absolute Gasteiger partial charge is 0.246 e. The molecule has 0 aliphatic rings. The van der Waals surface area contributed by atoms with Gasteiger partial charge in [-0.3, -0.25) is 0 Å². The molecular weight excluding hydrogens is 278 g/mol. The summed E-state index contributed by atoms with van der Waals surface area (Å²) < 4.78 is 2.00. The van der Waals surface area contributed by atoms with E-state index in [1.807, 2.05) is 6.92 Å². The van der Waals surface area contributed by atoms with E-state index in [0.29, 0.717) is 0 Å². The van der Waals surface area contributed by atoms with Crippen molar-refractivity contribution in [3.63, 3.8) is 0 Å². The van der Waals surface area contributed by atoms with E-state index in [2.05, 4.69) is 36.7 Å². The average molecular weight is 281 g/mol. The van der Waals surface area contributed by atoms with Crippen molar-refractivity contribution in [2.45, 2.75) is 6.92 Å². The number of rotatable bonds is 0. The van der Waals surface area contributed by atoms with Gasteiger partial charge in [-0.1, -0.05) is 0 Å². The van der Waals surface area contributed by atoms with Crippen LogP contribution < -0.4 is 0 Å². The van der Waals surface area contributed by atoms with Gasteiger partial charge < -0.3 is 0 Å². The van der Waals surface area contributed by atoms with Crippen LogP contribution in [0.3, 0.4) is 0 Å². The Morgan fingerprint density at radius 3 is 2.30 bits per heavy atom. The molecule has 0 N–H and O–H groups in total. The molecule has 1 nitrogen and oxygen atoms in total. The molecule has 0 unspecified atom stereocenters. The quantitative estimate of drug-likeness (QED) is 0.630. The van der Waals surface area contributed by atoms with Crippen molar-refractivity contribution >= 4 is 48.2 Å². The van der Waals surface area contributed by atoms with Crippen molar-refractivity contribution in [3.8, 4) is 0 Å². The lowest BCUT2D eigenvalue weighted by Crippen LogP contribution is -1.61. The van der Waals surface area contributed by atoms with Crippen molar-refractivity contribution in [3.05, 3.63) is 25.2 Å². The fourth-order valence-electron chi connectivity index (χ4n) is 0.554. The number of hydrogen-bond donors (Lipinski definition) is 0. The molecule has 0 bridgehead atoms. The van der Waals surface area contributed by atoms with E-state index in [1.165, 1.54) is 11.3 Å². The lowest BCUT2D eigenvalue weighted by atomic mass is 10.4. The number of halogens is 2. The number of hydrogen-bond acceptors (Lipinski definition) is 1. The van der Waals surface area contributed by atoms with Crippen molar-refractivity contribution in [2.24, 2.45) is 0 Å². The zero-order chi connectivity index (χ0) is 7.72. The van der Waals surface area contributed by atoms with Crippen molar-refractivity contribution < 1.29 is 0 Å². The standard InChI is InChI=1S/C6H3Br2NS/c1-3-4(7)5(8)10-6(3)9-2/h1H3. The van der Waals surface area contributed by atoms with Crippen LogP contribution in [0.15, 0.2) is 8.26 Å². The molecule has 0 spiro atoms. The molecule has 1 aromatic rings. The third kappa shape index (κ3) is 1.26. The lowest BCUT2D eigenvalue weighted by Gasteiger charge is -1.85. The Kier molecular flexibility index (Phi) is 2.50. The highest BCUT2D eigenvalue weighted by atomic mass is 79.9. The van der Waals surface area contributed by atoms with E-state index in [4.69, 9.17) is 6.57 Å². The highest BCUT2D eigenvalue weighted by Crippen LogP contribution is 2.41. The molecule has 0 saturated heterocycles. The van der Waals surface area contributed by atoms with Gasteiger partial charge in [0, 0.05) is 4.47 Å². The maximum Gasteiger partial charge on any atom is 0.246 e. The Bertz CT molecular complexity index is 297. The van der Waals surface area contributed by atoms with Gasteiger partial charge in [-0.2, -0.15) is 0 Å². The van der Waals surface area contributed by atoms with Crippen LogP contribution in [0.25, 0.3) is 4.85 Å². The van der Waals surface area contributed by atoms with Crippen molar-refractivity contribution in [2.75, 3.05) is 0 Å². The molecule has 52 valence electrons. The molecule has 0 amide bonds. The van der Waals surface area contributed by atoms with E-state index in [0.717, 1.165) is 18.8 Å². The minimum atomic E-state index is 0.749. The first-order chi connectivity index (χ1) is 4.66. The molecule has 0 radical (unpaired) electrons. The summed E-state index contributed by atoms with van der Waals surface area (Å²) in [5.41, 5.74) is 1.02. The summed E-state index contributed by atoms with van der Waals surface area (Å²) in [5, 5.41) is 0.749. The molecule has 0 saturated carbocycles. The second-order valence-corrected chi connectivity index (χ2v) is 4.84. The third-order valence-electron chi connectivity index (χ3n) is 1.11. The van der Waals surface area contributed by atoms with Gasteiger partial charge in [0.05, 0.1) is 10.4 Å². The first-order valence-corrected chi connectivity index (χ1v) is 4.89. The summed E-state index contributed by atoms with van der Waals surface area (Å²) in [4.78, 5) is 3.36. The highest BCUT2D eigenvalue weighted by Gasteiger charge is 2.09. The van der Waals surface area contributed by atoms with Crippen molar-refractivity contribution in [1.29, 1.82) is 0 Å². The van der Waals surface area contributed by atoms with Gasteiger partial charge in [-0.25, -0.2) is 4.85 Å². The van der Waals surface area contributed by atoms with Crippen molar-refractivity contribution in [1.82, 2.24) is 0 Å². The molecule has 0 aliphatic carbocycles. The Labute approximate surface area is 80.1 Å². The minimum Gasteiger partial charge on any atom is -0.226 e. The van der Waals surface area contributed by atoms with Crippen LogP contribution in [0.2, 0.25) is 0 Å². The molecular formula is C6H3Br2NS. The first-order valence-electron chi connectivity index (χ1n) is 2.48. The van der Waals surface area contributed by atoms with E-state index >= 15 is 0 Å². The summed E-state index contributed by atoms with van der Waals surface area (Å²) in [6, 6.07) is 0. The molecule has 4 heteroatoms. The van der Waals surface area contributed by atoms with Gasteiger partial charge in [-0.15, -0.1) is 11.3 Å². The first kappa shape index (κ1) is 8.25. The Balaban J connectivity index is 3.34.